The van der Waals surface area contributed by atoms with Gasteiger partial charge in [-0.1, -0.05) is 13.3 Å². The molecule has 6 atom stereocenters. The van der Waals surface area contributed by atoms with Gasteiger partial charge in [0.1, 0.15) is 0 Å². The fraction of sp³-hybridized carbons (Fsp3) is 1.00. The third-order valence-electron chi connectivity index (χ3n) is 6.62. The molecule has 0 heterocycles. The summed E-state index contributed by atoms with van der Waals surface area (Å²) in [6, 6.07) is 0. The average molecular weight is 252 g/mol. The quantitative estimate of drug-likeness (QED) is 0.793. The van der Waals surface area contributed by atoms with E-state index in [9.17, 15) is 5.11 Å². The normalized spacial score (nSPS) is 51.8. The molecule has 3 unspecified atom stereocenters. The van der Waals surface area contributed by atoms with Crippen molar-refractivity contribution in [2.45, 2.75) is 64.4 Å². The van der Waals surface area contributed by atoms with Gasteiger partial charge in [0.05, 0.1) is 6.10 Å². The van der Waals surface area contributed by atoms with Crippen molar-refractivity contribution >= 4 is 0 Å². The Morgan fingerprint density at radius 2 is 1.94 bits per heavy atom. The highest BCUT2D eigenvalue weighted by Gasteiger charge is 2.54. The molecule has 2 nitrogen and oxygen atoms in total. The van der Waals surface area contributed by atoms with E-state index in [0.717, 1.165) is 36.5 Å². The SMILES string of the molecule is C[C@]12CCC3C[C@@H](CCO)CCC3C1CC[C@@H]2O. The predicted molar refractivity (Wildman–Crippen MR) is 72.1 cm³/mol. The maximum Gasteiger partial charge on any atom is 0.0596 e. The summed E-state index contributed by atoms with van der Waals surface area (Å²) < 4.78 is 0. The number of hydrogen-bond donors (Lipinski definition) is 2. The van der Waals surface area contributed by atoms with Crippen molar-refractivity contribution in [3.8, 4) is 0 Å². The molecule has 0 radical (unpaired) electrons. The second kappa shape index (κ2) is 4.79. The topological polar surface area (TPSA) is 40.5 Å². The van der Waals surface area contributed by atoms with Gasteiger partial charge in [-0.2, -0.15) is 0 Å². The molecular formula is C16H28O2. The number of fused-ring (bicyclic) bond motifs is 3. The van der Waals surface area contributed by atoms with Crippen LogP contribution in [-0.4, -0.2) is 22.9 Å². The van der Waals surface area contributed by atoms with E-state index >= 15 is 0 Å². The molecule has 0 saturated heterocycles. The summed E-state index contributed by atoms with van der Waals surface area (Å²) in [4.78, 5) is 0. The molecule has 3 aliphatic carbocycles. The fourth-order valence-electron chi connectivity index (χ4n) is 5.49. The maximum absolute atomic E-state index is 10.3. The molecule has 2 heteroatoms. The summed E-state index contributed by atoms with van der Waals surface area (Å²) >= 11 is 0. The summed E-state index contributed by atoms with van der Waals surface area (Å²) in [6.07, 6.45) is 9.80. The van der Waals surface area contributed by atoms with Gasteiger partial charge in [0.25, 0.3) is 0 Å². The molecule has 104 valence electrons. The van der Waals surface area contributed by atoms with Crippen LogP contribution >= 0.6 is 0 Å². The lowest BCUT2D eigenvalue weighted by Gasteiger charge is -2.51. The van der Waals surface area contributed by atoms with Crippen molar-refractivity contribution in [1.29, 1.82) is 0 Å². The Morgan fingerprint density at radius 3 is 2.72 bits per heavy atom. The summed E-state index contributed by atoms with van der Waals surface area (Å²) in [5, 5.41) is 19.4. The van der Waals surface area contributed by atoms with E-state index in [1.165, 1.54) is 38.5 Å². The van der Waals surface area contributed by atoms with Crippen molar-refractivity contribution in [3.05, 3.63) is 0 Å². The minimum atomic E-state index is -0.0429. The third-order valence-corrected chi connectivity index (χ3v) is 6.62. The van der Waals surface area contributed by atoms with Crippen LogP contribution in [0, 0.1) is 29.1 Å². The number of hydrogen-bond acceptors (Lipinski definition) is 2. The van der Waals surface area contributed by atoms with E-state index in [-0.39, 0.29) is 11.5 Å². The minimum Gasteiger partial charge on any atom is -0.396 e. The summed E-state index contributed by atoms with van der Waals surface area (Å²) in [6.45, 7) is 2.70. The molecule has 3 aliphatic rings. The molecule has 0 aliphatic heterocycles. The smallest absolute Gasteiger partial charge is 0.0596 e. The van der Waals surface area contributed by atoms with Crippen LogP contribution in [0.2, 0.25) is 0 Å². The Bertz CT molecular complexity index is 303. The van der Waals surface area contributed by atoms with Crippen LogP contribution in [0.15, 0.2) is 0 Å². The lowest BCUT2D eigenvalue weighted by Crippen LogP contribution is -2.45. The van der Waals surface area contributed by atoms with Crippen molar-refractivity contribution in [1.82, 2.24) is 0 Å². The number of aliphatic hydroxyl groups is 2. The van der Waals surface area contributed by atoms with Crippen LogP contribution in [0.5, 0.6) is 0 Å². The summed E-state index contributed by atoms with van der Waals surface area (Å²) in [7, 11) is 0. The van der Waals surface area contributed by atoms with Gasteiger partial charge in [-0.05, 0) is 74.0 Å². The molecule has 2 N–H and O–H groups in total. The highest BCUT2D eigenvalue weighted by Crippen LogP contribution is 2.59. The van der Waals surface area contributed by atoms with E-state index in [2.05, 4.69) is 6.92 Å². The summed E-state index contributed by atoms with van der Waals surface area (Å²) in [5.41, 5.74) is 0.227. The van der Waals surface area contributed by atoms with Gasteiger partial charge < -0.3 is 10.2 Å². The predicted octanol–water partition coefficient (Wildman–Crippen LogP) is 2.97. The first-order valence-corrected chi connectivity index (χ1v) is 7.94. The first kappa shape index (κ1) is 12.9. The maximum atomic E-state index is 10.3. The van der Waals surface area contributed by atoms with Gasteiger partial charge in [0.15, 0.2) is 0 Å². The van der Waals surface area contributed by atoms with Crippen LogP contribution in [0.1, 0.15) is 58.3 Å². The van der Waals surface area contributed by atoms with Crippen LogP contribution in [0.4, 0.5) is 0 Å². The van der Waals surface area contributed by atoms with Gasteiger partial charge >= 0.3 is 0 Å². The zero-order valence-corrected chi connectivity index (χ0v) is 11.6. The lowest BCUT2D eigenvalue weighted by atomic mass is 9.55. The highest BCUT2D eigenvalue weighted by atomic mass is 16.3. The Kier molecular flexibility index (Phi) is 3.44. The minimum absolute atomic E-state index is 0.0429. The zero-order chi connectivity index (χ0) is 12.8. The van der Waals surface area contributed by atoms with Crippen molar-refractivity contribution < 1.29 is 10.2 Å². The Morgan fingerprint density at radius 1 is 1.11 bits per heavy atom. The van der Waals surface area contributed by atoms with E-state index < -0.39 is 0 Å². The second-order valence-electron chi connectivity index (χ2n) is 7.36. The van der Waals surface area contributed by atoms with Gasteiger partial charge in [-0.15, -0.1) is 0 Å². The fourth-order valence-corrected chi connectivity index (χ4v) is 5.49. The third kappa shape index (κ3) is 1.92. The van der Waals surface area contributed by atoms with E-state index in [1.807, 2.05) is 0 Å². The van der Waals surface area contributed by atoms with Crippen molar-refractivity contribution in [3.63, 3.8) is 0 Å². The Labute approximate surface area is 111 Å². The second-order valence-corrected chi connectivity index (χ2v) is 7.36. The van der Waals surface area contributed by atoms with Crippen LogP contribution in [-0.2, 0) is 0 Å². The van der Waals surface area contributed by atoms with Gasteiger partial charge in [0, 0.05) is 6.61 Å². The van der Waals surface area contributed by atoms with Gasteiger partial charge in [0.2, 0.25) is 0 Å². The molecular weight excluding hydrogens is 224 g/mol. The van der Waals surface area contributed by atoms with Gasteiger partial charge in [-0.3, -0.25) is 0 Å². The van der Waals surface area contributed by atoms with E-state index in [4.69, 9.17) is 5.11 Å². The molecule has 0 bridgehead atoms. The van der Waals surface area contributed by atoms with Crippen LogP contribution < -0.4 is 0 Å². The Hall–Kier alpha value is -0.0800. The molecule has 0 aromatic rings. The Balaban J connectivity index is 1.71. The molecule has 18 heavy (non-hydrogen) atoms. The monoisotopic (exact) mass is 252 g/mol. The first-order valence-electron chi connectivity index (χ1n) is 7.94. The highest BCUT2D eigenvalue weighted by molar-refractivity contribution is 5.03. The number of aliphatic hydroxyl groups excluding tert-OH is 2. The number of rotatable bonds is 2. The first-order chi connectivity index (χ1) is 8.65. The molecule has 3 rings (SSSR count). The zero-order valence-electron chi connectivity index (χ0n) is 11.6. The molecule has 0 aromatic heterocycles. The standard InChI is InChI=1S/C16H28O2/c1-16-8-6-12-10-11(7-9-17)2-3-13(12)14(16)4-5-15(16)18/h11-15,17-18H,2-10H2,1H3/t11-,12?,13?,14?,15+,16+/m1/s1. The molecule has 3 saturated carbocycles. The largest absolute Gasteiger partial charge is 0.396 e. The molecule has 0 spiro atoms. The van der Waals surface area contributed by atoms with E-state index in [1.54, 1.807) is 0 Å². The molecule has 0 aromatic carbocycles. The van der Waals surface area contributed by atoms with Crippen LogP contribution in [0.3, 0.4) is 0 Å². The van der Waals surface area contributed by atoms with Gasteiger partial charge in [-0.25, -0.2) is 0 Å². The van der Waals surface area contributed by atoms with Crippen molar-refractivity contribution in [2.75, 3.05) is 6.61 Å². The lowest BCUT2D eigenvalue weighted by molar-refractivity contribution is -0.0532. The van der Waals surface area contributed by atoms with Crippen LogP contribution in [0.25, 0.3) is 0 Å². The summed E-state index contributed by atoms with van der Waals surface area (Å²) in [5.74, 6) is 3.31. The average Bonchev–Trinajstić information content (AvgIpc) is 2.67. The molecule has 0 amide bonds. The molecule has 3 fully saturated rings. The van der Waals surface area contributed by atoms with E-state index in [0.29, 0.717) is 6.61 Å². The van der Waals surface area contributed by atoms with Crippen molar-refractivity contribution in [2.24, 2.45) is 29.1 Å².